The number of carboxylic acid groups (broad SMARTS) is 1. The van der Waals surface area contributed by atoms with Crippen LogP contribution in [0, 0.1) is 12.8 Å². The highest BCUT2D eigenvalue weighted by Crippen LogP contribution is 2.41. The first-order chi connectivity index (χ1) is 11.1. The zero-order chi connectivity index (χ0) is 16.4. The molecule has 23 heavy (non-hydrogen) atoms. The third-order valence-corrected chi connectivity index (χ3v) is 5.21. The molecule has 1 N–H and O–H groups in total. The second-order valence-corrected chi connectivity index (χ2v) is 7.02. The van der Waals surface area contributed by atoms with Crippen molar-refractivity contribution in [2.45, 2.75) is 25.8 Å². The Morgan fingerprint density at radius 1 is 1.39 bits per heavy atom. The molecule has 0 saturated carbocycles. The van der Waals surface area contributed by atoms with Crippen LogP contribution in [0.4, 0.5) is 0 Å². The van der Waals surface area contributed by atoms with Gasteiger partial charge in [-0.15, -0.1) is 11.3 Å². The summed E-state index contributed by atoms with van der Waals surface area (Å²) in [7, 11) is 0. The number of nitrogens with zero attached hydrogens (tertiary/aromatic N) is 2. The largest absolute Gasteiger partial charge is 0.481 e. The number of carboxylic acids is 1. The maximum atomic E-state index is 12.3. The van der Waals surface area contributed by atoms with E-state index in [9.17, 15) is 14.7 Å². The van der Waals surface area contributed by atoms with Gasteiger partial charge in [-0.3, -0.25) is 14.6 Å². The Labute approximate surface area is 138 Å². The summed E-state index contributed by atoms with van der Waals surface area (Å²) in [4.78, 5) is 32.0. The maximum Gasteiger partial charge on any atom is 0.309 e. The van der Waals surface area contributed by atoms with Gasteiger partial charge in [0.05, 0.1) is 12.0 Å². The van der Waals surface area contributed by atoms with E-state index in [4.69, 9.17) is 0 Å². The lowest BCUT2D eigenvalue weighted by Crippen LogP contribution is -2.32. The maximum absolute atomic E-state index is 12.3. The summed E-state index contributed by atoms with van der Waals surface area (Å²) in [6, 6.07) is 9.21. The smallest absolute Gasteiger partial charge is 0.309 e. The number of thiophene rings is 1. The van der Waals surface area contributed by atoms with Gasteiger partial charge >= 0.3 is 5.97 Å². The standard InChI is InChI=1S/C17H18N2O3S/c1-11-5-6-14(23-11)16-13(17(21)22)10-15(20)19(16)9-7-12-4-2-3-8-18-12/h2-6,8,13,16H,7,9-10H2,1H3,(H,21,22). The van der Waals surface area contributed by atoms with Crippen molar-refractivity contribution in [2.75, 3.05) is 6.54 Å². The van der Waals surface area contributed by atoms with Gasteiger partial charge in [0, 0.05) is 41.0 Å². The van der Waals surface area contributed by atoms with Gasteiger partial charge in [-0.1, -0.05) is 6.07 Å². The summed E-state index contributed by atoms with van der Waals surface area (Å²) in [5.74, 6) is -1.68. The average molecular weight is 330 g/mol. The molecule has 2 aromatic heterocycles. The summed E-state index contributed by atoms with van der Waals surface area (Å²) in [5.41, 5.74) is 0.903. The van der Waals surface area contributed by atoms with Crippen LogP contribution >= 0.6 is 11.3 Å². The van der Waals surface area contributed by atoms with Gasteiger partial charge < -0.3 is 10.0 Å². The van der Waals surface area contributed by atoms with Crippen molar-refractivity contribution in [1.82, 2.24) is 9.88 Å². The molecule has 2 aromatic rings. The summed E-state index contributed by atoms with van der Waals surface area (Å²) < 4.78 is 0. The highest BCUT2D eigenvalue weighted by Gasteiger charge is 2.44. The van der Waals surface area contributed by atoms with Crippen LogP contribution in [-0.4, -0.2) is 33.4 Å². The van der Waals surface area contributed by atoms with Crippen LogP contribution in [0.2, 0.25) is 0 Å². The Bertz CT molecular complexity index is 714. The van der Waals surface area contributed by atoms with Crippen molar-refractivity contribution >= 4 is 23.2 Å². The minimum atomic E-state index is -0.908. The number of likely N-dealkylation sites (tertiary alicyclic amines) is 1. The molecule has 5 nitrogen and oxygen atoms in total. The Morgan fingerprint density at radius 3 is 2.83 bits per heavy atom. The summed E-state index contributed by atoms with van der Waals surface area (Å²) in [5, 5.41) is 9.49. The Balaban J connectivity index is 1.83. The molecular weight excluding hydrogens is 312 g/mol. The Hall–Kier alpha value is -2.21. The van der Waals surface area contributed by atoms with Gasteiger partial charge in [-0.05, 0) is 31.2 Å². The number of aryl methyl sites for hydroxylation is 1. The first-order valence-electron chi connectivity index (χ1n) is 7.55. The normalized spacial score (nSPS) is 20.9. The van der Waals surface area contributed by atoms with Crippen molar-refractivity contribution in [3.63, 3.8) is 0 Å². The molecule has 0 radical (unpaired) electrons. The molecule has 3 heterocycles. The Kier molecular flexibility index (Phi) is 4.43. The highest BCUT2D eigenvalue weighted by atomic mass is 32.1. The monoisotopic (exact) mass is 330 g/mol. The van der Waals surface area contributed by atoms with Crippen LogP contribution in [0.1, 0.15) is 27.9 Å². The van der Waals surface area contributed by atoms with E-state index in [1.807, 2.05) is 37.3 Å². The summed E-state index contributed by atoms with van der Waals surface area (Å²) >= 11 is 1.56. The van der Waals surface area contributed by atoms with Crippen LogP contribution < -0.4 is 0 Å². The van der Waals surface area contributed by atoms with Gasteiger partial charge in [0.15, 0.2) is 0 Å². The van der Waals surface area contributed by atoms with Crippen molar-refractivity contribution in [1.29, 1.82) is 0 Å². The number of carbonyl (C=O) groups excluding carboxylic acids is 1. The highest BCUT2D eigenvalue weighted by molar-refractivity contribution is 7.12. The second kappa shape index (κ2) is 6.50. The van der Waals surface area contributed by atoms with Crippen molar-refractivity contribution in [3.8, 4) is 0 Å². The molecule has 1 aliphatic rings. The number of carbonyl (C=O) groups is 2. The number of hydrogen-bond acceptors (Lipinski definition) is 4. The van der Waals surface area contributed by atoms with E-state index in [1.54, 1.807) is 22.4 Å². The number of aromatic nitrogens is 1. The second-order valence-electron chi connectivity index (χ2n) is 5.70. The Morgan fingerprint density at radius 2 is 2.22 bits per heavy atom. The molecule has 1 amide bonds. The van der Waals surface area contributed by atoms with E-state index in [0.29, 0.717) is 13.0 Å². The van der Waals surface area contributed by atoms with Gasteiger partial charge in [0.2, 0.25) is 5.91 Å². The predicted molar refractivity (Wildman–Crippen MR) is 87.2 cm³/mol. The van der Waals surface area contributed by atoms with Crippen LogP contribution in [0.15, 0.2) is 36.5 Å². The lowest BCUT2D eigenvalue weighted by Gasteiger charge is -2.26. The number of pyridine rings is 1. The van der Waals surface area contributed by atoms with E-state index >= 15 is 0 Å². The van der Waals surface area contributed by atoms with Crippen molar-refractivity contribution in [3.05, 3.63) is 52.0 Å². The summed E-state index contributed by atoms with van der Waals surface area (Å²) in [6.07, 6.45) is 2.42. The predicted octanol–water partition coefficient (Wildman–Crippen LogP) is 2.67. The van der Waals surface area contributed by atoms with E-state index in [-0.39, 0.29) is 18.4 Å². The minimum Gasteiger partial charge on any atom is -0.481 e. The molecule has 0 spiro atoms. The van der Waals surface area contributed by atoms with Gasteiger partial charge in [0.1, 0.15) is 0 Å². The lowest BCUT2D eigenvalue weighted by atomic mass is 9.99. The van der Waals surface area contributed by atoms with E-state index < -0.39 is 11.9 Å². The average Bonchev–Trinajstić information content (AvgIpc) is 3.09. The molecule has 0 aliphatic carbocycles. The molecule has 2 atom stereocenters. The molecule has 1 aliphatic heterocycles. The van der Waals surface area contributed by atoms with Gasteiger partial charge in [-0.25, -0.2) is 0 Å². The van der Waals surface area contributed by atoms with Crippen molar-refractivity contribution < 1.29 is 14.7 Å². The number of amides is 1. The van der Waals surface area contributed by atoms with Crippen LogP contribution in [0.25, 0.3) is 0 Å². The number of aliphatic carboxylic acids is 1. The van der Waals surface area contributed by atoms with Gasteiger partial charge in [-0.2, -0.15) is 0 Å². The fraction of sp³-hybridized carbons (Fsp3) is 0.353. The zero-order valence-electron chi connectivity index (χ0n) is 12.8. The van der Waals surface area contributed by atoms with Crippen LogP contribution in [0.3, 0.4) is 0 Å². The van der Waals surface area contributed by atoms with E-state index in [2.05, 4.69) is 4.98 Å². The van der Waals surface area contributed by atoms with E-state index in [1.165, 1.54) is 0 Å². The summed E-state index contributed by atoms with van der Waals surface area (Å²) in [6.45, 7) is 2.47. The van der Waals surface area contributed by atoms with Gasteiger partial charge in [0.25, 0.3) is 0 Å². The minimum absolute atomic E-state index is 0.0686. The van der Waals surface area contributed by atoms with Crippen LogP contribution in [-0.2, 0) is 16.0 Å². The third kappa shape index (κ3) is 3.27. The SMILES string of the molecule is Cc1ccc(C2C(C(=O)O)CC(=O)N2CCc2ccccn2)s1. The fourth-order valence-electron chi connectivity index (χ4n) is 3.02. The molecule has 1 saturated heterocycles. The molecule has 0 aromatic carbocycles. The molecule has 2 unspecified atom stereocenters. The first-order valence-corrected chi connectivity index (χ1v) is 8.36. The molecule has 120 valence electrons. The number of hydrogen-bond donors (Lipinski definition) is 1. The zero-order valence-corrected chi connectivity index (χ0v) is 13.6. The quantitative estimate of drug-likeness (QED) is 0.915. The lowest BCUT2D eigenvalue weighted by molar-refractivity contribution is -0.142. The third-order valence-electron chi connectivity index (χ3n) is 4.14. The van der Waals surface area contributed by atoms with Crippen molar-refractivity contribution in [2.24, 2.45) is 5.92 Å². The number of rotatable bonds is 5. The topological polar surface area (TPSA) is 70.5 Å². The molecule has 3 rings (SSSR count). The molecule has 0 bridgehead atoms. The molecule has 1 fully saturated rings. The molecular formula is C17H18N2O3S. The fourth-order valence-corrected chi connectivity index (χ4v) is 4.08. The van der Waals surface area contributed by atoms with E-state index in [0.717, 1.165) is 15.4 Å². The van der Waals surface area contributed by atoms with Crippen LogP contribution in [0.5, 0.6) is 0 Å². The molecule has 6 heteroatoms. The first kappa shape index (κ1) is 15.7.